The van der Waals surface area contributed by atoms with E-state index in [4.69, 9.17) is 0 Å². The normalized spacial score (nSPS) is 13.0. The van der Waals surface area contributed by atoms with E-state index < -0.39 is 5.41 Å². The Morgan fingerprint density at radius 2 is 0.508 bits per heavy atom. The molecule has 0 saturated heterocycles. The highest BCUT2D eigenvalue weighted by Crippen LogP contribution is 2.58. The van der Waals surface area contributed by atoms with Crippen molar-refractivity contribution in [1.29, 1.82) is 0 Å². The first kappa shape index (κ1) is 35.9. The molecule has 0 saturated carbocycles. The van der Waals surface area contributed by atoms with Crippen molar-refractivity contribution in [2.45, 2.75) is 19.3 Å². The molecule has 0 atom stereocenters. The lowest BCUT2D eigenvalue weighted by molar-refractivity contribution is 0.768. The van der Waals surface area contributed by atoms with E-state index in [9.17, 15) is 0 Å². The Hall–Kier alpha value is -7.80. The maximum absolute atomic E-state index is 2.51. The first-order valence-corrected chi connectivity index (χ1v) is 22.2. The largest absolute Gasteiger partial charge is 0.0714 e. The molecule has 0 aromatic heterocycles. The minimum Gasteiger partial charge on any atom is -0.0616 e. The molecule has 294 valence electrons. The van der Waals surface area contributed by atoms with Gasteiger partial charge in [-0.3, -0.25) is 0 Å². The molecule has 0 amide bonds. The van der Waals surface area contributed by atoms with E-state index in [-0.39, 0.29) is 0 Å². The second kappa shape index (κ2) is 13.6. The third-order valence-electron chi connectivity index (χ3n) is 14.3. The molecule has 0 unspecified atom stereocenters. The molecule has 1 aliphatic carbocycles. The SMILES string of the molecule is Cc1ccc(C2(c3ccc(C)cc3)c3cc(-c4ccc5c6ccccc6c6ccccc6c5c4)ccc3-c3ccc(-c4ccc5c6ccccc6c6ccccc6c5c4)cc32)cc1. The van der Waals surface area contributed by atoms with Crippen LogP contribution in [0.5, 0.6) is 0 Å². The highest BCUT2D eigenvalue weighted by atomic mass is 14.5. The summed E-state index contributed by atoms with van der Waals surface area (Å²) in [5, 5.41) is 15.5. The lowest BCUT2D eigenvalue weighted by Crippen LogP contribution is -2.28. The van der Waals surface area contributed by atoms with Gasteiger partial charge >= 0.3 is 0 Å². The average Bonchev–Trinajstić information content (AvgIpc) is 3.64. The van der Waals surface area contributed by atoms with Crippen LogP contribution in [0, 0.1) is 13.8 Å². The van der Waals surface area contributed by atoms with Crippen molar-refractivity contribution in [2.24, 2.45) is 0 Å². The van der Waals surface area contributed by atoms with Gasteiger partial charge in [0, 0.05) is 0 Å². The highest BCUT2D eigenvalue weighted by molar-refractivity contribution is 6.27. The number of hydrogen-bond donors (Lipinski definition) is 0. The quantitative estimate of drug-likeness (QED) is 0.156. The summed E-state index contributed by atoms with van der Waals surface area (Å²) in [4.78, 5) is 0. The molecular formula is C63H42. The van der Waals surface area contributed by atoms with Gasteiger partial charge in [-0.2, -0.15) is 0 Å². The monoisotopic (exact) mass is 798 g/mol. The molecule has 0 radical (unpaired) electrons. The fourth-order valence-electron chi connectivity index (χ4n) is 11.3. The summed E-state index contributed by atoms with van der Waals surface area (Å²) in [7, 11) is 0. The smallest absolute Gasteiger partial charge is 0.0616 e. The molecule has 0 heteroatoms. The Morgan fingerprint density at radius 1 is 0.238 bits per heavy atom. The lowest BCUT2D eigenvalue weighted by Gasteiger charge is -2.34. The standard InChI is InChI=1S/C63H42/c1-39-19-27-45(28-20-39)63(46-29-21-40(2)22-30-46)61-37-43(41-23-31-55-51-15-5-3-11-47(51)49-13-7-9-17-53(49)59(55)35-41)25-33-57(61)58-34-26-44(38-62(58)63)42-24-32-56-52-16-6-4-12-48(52)50-14-8-10-18-54(50)60(56)36-42/h3-38H,1-2H3. The topological polar surface area (TPSA) is 0 Å². The molecule has 12 aromatic rings. The van der Waals surface area contributed by atoms with Gasteiger partial charge in [0.25, 0.3) is 0 Å². The predicted molar refractivity (Wildman–Crippen MR) is 269 cm³/mol. The second-order valence-corrected chi connectivity index (χ2v) is 17.7. The van der Waals surface area contributed by atoms with Gasteiger partial charge in [0.2, 0.25) is 0 Å². The fraction of sp³-hybridized carbons (Fsp3) is 0.0476. The minimum atomic E-state index is -0.558. The van der Waals surface area contributed by atoms with Gasteiger partial charge < -0.3 is 0 Å². The zero-order chi connectivity index (χ0) is 41.8. The van der Waals surface area contributed by atoms with E-state index in [0.29, 0.717) is 0 Å². The highest BCUT2D eigenvalue weighted by Gasteiger charge is 2.46. The molecule has 0 N–H and O–H groups in total. The summed E-state index contributed by atoms with van der Waals surface area (Å²) in [5.74, 6) is 0. The van der Waals surface area contributed by atoms with Crippen LogP contribution in [0.1, 0.15) is 33.4 Å². The Balaban J connectivity index is 1.06. The van der Waals surface area contributed by atoms with Crippen molar-refractivity contribution in [3.8, 4) is 33.4 Å². The molecule has 13 rings (SSSR count). The minimum absolute atomic E-state index is 0.558. The average molecular weight is 799 g/mol. The van der Waals surface area contributed by atoms with Crippen molar-refractivity contribution in [3.63, 3.8) is 0 Å². The maximum Gasteiger partial charge on any atom is 0.0714 e. The third-order valence-corrected chi connectivity index (χ3v) is 14.3. The molecule has 0 fully saturated rings. The first-order chi connectivity index (χ1) is 31.0. The lowest BCUT2D eigenvalue weighted by atomic mass is 9.67. The van der Waals surface area contributed by atoms with Crippen molar-refractivity contribution >= 4 is 64.6 Å². The van der Waals surface area contributed by atoms with Gasteiger partial charge in [-0.25, -0.2) is 0 Å². The molecule has 63 heavy (non-hydrogen) atoms. The van der Waals surface area contributed by atoms with Crippen LogP contribution in [-0.4, -0.2) is 0 Å². The summed E-state index contributed by atoms with van der Waals surface area (Å²) in [6.45, 7) is 4.38. The predicted octanol–water partition coefficient (Wildman–Crippen LogP) is 16.9. The number of benzene rings is 12. The molecule has 0 aliphatic heterocycles. The zero-order valence-electron chi connectivity index (χ0n) is 35.3. The molecular weight excluding hydrogens is 757 g/mol. The van der Waals surface area contributed by atoms with Gasteiger partial charge in [0.1, 0.15) is 0 Å². The van der Waals surface area contributed by atoms with Crippen LogP contribution in [-0.2, 0) is 5.41 Å². The van der Waals surface area contributed by atoms with E-state index >= 15 is 0 Å². The van der Waals surface area contributed by atoms with Crippen LogP contribution in [0.2, 0.25) is 0 Å². The van der Waals surface area contributed by atoms with E-state index in [1.165, 1.54) is 131 Å². The van der Waals surface area contributed by atoms with Crippen molar-refractivity contribution in [2.75, 3.05) is 0 Å². The number of hydrogen-bond acceptors (Lipinski definition) is 0. The van der Waals surface area contributed by atoms with E-state index in [0.717, 1.165) is 0 Å². The van der Waals surface area contributed by atoms with Gasteiger partial charge in [0.05, 0.1) is 5.41 Å². The number of aryl methyl sites for hydroxylation is 2. The van der Waals surface area contributed by atoms with E-state index in [1.807, 2.05) is 0 Å². The Bertz CT molecular complexity index is 3520. The molecule has 0 nitrogen and oxygen atoms in total. The van der Waals surface area contributed by atoms with Crippen molar-refractivity contribution in [1.82, 2.24) is 0 Å². The van der Waals surface area contributed by atoms with Crippen LogP contribution in [0.25, 0.3) is 98.0 Å². The molecule has 12 aromatic carbocycles. The molecule has 0 bridgehead atoms. The number of rotatable bonds is 4. The third kappa shape index (κ3) is 5.22. The van der Waals surface area contributed by atoms with E-state index in [2.05, 4.69) is 232 Å². The summed E-state index contributed by atoms with van der Waals surface area (Å²) in [5.41, 5.74) is 14.6. The van der Waals surface area contributed by atoms with Crippen LogP contribution < -0.4 is 0 Å². The van der Waals surface area contributed by atoms with Gasteiger partial charge in [0.15, 0.2) is 0 Å². The van der Waals surface area contributed by atoms with Crippen LogP contribution >= 0.6 is 0 Å². The fourth-order valence-corrected chi connectivity index (χ4v) is 11.3. The summed E-state index contributed by atoms with van der Waals surface area (Å²) in [6, 6.07) is 82.8. The van der Waals surface area contributed by atoms with Crippen LogP contribution in [0.4, 0.5) is 0 Å². The second-order valence-electron chi connectivity index (χ2n) is 17.7. The zero-order valence-corrected chi connectivity index (χ0v) is 35.3. The first-order valence-electron chi connectivity index (χ1n) is 22.2. The molecule has 0 heterocycles. The molecule has 1 aliphatic rings. The van der Waals surface area contributed by atoms with Crippen molar-refractivity contribution < 1.29 is 0 Å². The summed E-state index contributed by atoms with van der Waals surface area (Å²) in [6.07, 6.45) is 0. The van der Waals surface area contributed by atoms with Gasteiger partial charge in [-0.05, 0) is 158 Å². The van der Waals surface area contributed by atoms with E-state index in [1.54, 1.807) is 0 Å². The number of fused-ring (bicyclic) bond motifs is 15. The van der Waals surface area contributed by atoms with Gasteiger partial charge in [-0.1, -0.05) is 205 Å². The Morgan fingerprint density at radius 3 is 0.841 bits per heavy atom. The summed E-state index contributed by atoms with van der Waals surface area (Å²) < 4.78 is 0. The van der Waals surface area contributed by atoms with Crippen LogP contribution in [0.15, 0.2) is 218 Å². The summed E-state index contributed by atoms with van der Waals surface area (Å²) >= 11 is 0. The van der Waals surface area contributed by atoms with Crippen LogP contribution in [0.3, 0.4) is 0 Å². The Labute approximate surface area is 367 Å². The van der Waals surface area contributed by atoms with Crippen molar-refractivity contribution in [3.05, 3.63) is 252 Å². The maximum atomic E-state index is 2.51. The Kier molecular flexibility index (Phi) is 7.75. The van der Waals surface area contributed by atoms with Gasteiger partial charge in [-0.15, -0.1) is 0 Å². The molecule has 0 spiro atoms.